The number of ketones is 1. The van der Waals surface area contributed by atoms with E-state index < -0.39 is 5.60 Å². The van der Waals surface area contributed by atoms with Crippen molar-refractivity contribution in [3.63, 3.8) is 0 Å². The molecule has 2 nitrogen and oxygen atoms in total. The Morgan fingerprint density at radius 3 is 2.64 bits per heavy atom. The summed E-state index contributed by atoms with van der Waals surface area (Å²) in [6.45, 7) is 5.71. The van der Waals surface area contributed by atoms with Gasteiger partial charge in [-0.05, 0) is 32.1 Å². The van der Waals surface area contributed by atoms with E-state index >= 15 is 0 Å². The molecule has 1 N–H and O–H groups in total. The molecule has 0 aliphatic heterocycles. The van der Waals surface area contributed by atoms with E-state index in [0.717, 1.165) is 19.3 Å². The third-order valence-corrected chi connectivity index (χ3v) is 3.53. The van der Waals surface area contributed by atoms with Crippen molar-refractivity contribution in [3.05, 3.63) is 0 Å². The molecule has 0 aromatic carbocycles. The van der Waals surface area contributed by atoms with Crippen LogP contribution in [0.2, 0.25) is 0 Å². The fraction of sp³-hybridized carbons (Fsp3) is 0.917. The van der Waals surface area contributed by atoms with E-state index in [1.807, 2.05) is 6.92 Å². The van der Waals surface area contributed by atoms with Gasteiger partial charge in [0.05, 0.1) is 0 Å². The van der Waals surface area contributed by atoms with Gasteiger partial charge in [0.25, 0.3) is 0 Å². The SMILES string of the molecule is CCC(C)(O)C(=O)C1CCCC(C)C1. The number of hydrogen-bond donors (Lipinski definition) is 1. The topological polar surface area (TPSA) is 37.3 Å². The van der Waals surface area contributed by atoms with Crippen LogP contribution in [0.25, 0.3) is 0 Å². The monoisotopic (exact) mass is 198 g/mol. The van der Waals surface area contributed by atoms with Crippen LogP contribution in [0.1, 0.15) is 52.9 Å². The van der Waals surface area contributed by atoms with Gasteiger partial charge in [0.15, 0.2) is 5.78 Å². The lowest BCUT2D eigenvalue weighted by Crippen LogP contribution is -2.40. The van der Waals surface area contributed by atoms with Crippen molar-refractivity contribution in [1.82, 2.24) is 0 Å². The van der Waals surface area contributed by atoms with Gasteiger partial charge < -0.3 is 5.11 Å². The predicted molar refractivity (Wildman–Crippen MR) is 57.0 cm³/mol. The van der Waals surface area contributed by atoms with Crippen LogP contribution in [0.3, 0.4) is 0 Å². The summed E-state index contributed by atoms with van der Waals surface area (Å²) in [5.41, 5.74) is -1.10. The quantitative estimate of drug-likeness (QED) is 0.756. The third kappa shape index (κ3) is 2.57. The first-order valence-corrected chi connectivity index (χ1v) is 5.74. The Kier molecular flexibility index (Phi) is 3.71. The number of aliphatic hydroxyl groups is 1. The molecule has 1 aliphatic rings. The van der Waals surface area contributed by atoms with E-state index in [1.54, 1.807) is 6.92 Å². The summed E-state index contributed by atoms with van der Waals surface area (Å²) in [7, 11) is 0. The normalized spacial score (nSPS) is 32.3. The highest BCUT2D eigenvalue weighted by Crippen LogP contribution is 2.32. The van der Waals surface area contributed by atoms with Crippen molar-refractivity contribution < 1.29 is 9.90 Å². The fourth-order valence-electron chi connectivity index (χ4n) is 2.29. The van der Waals surface area contributed by atoms with Gasteiger partial charge in [0.2, 0.25) is 0 Å². The first kappa shape index (κ1) is 11.7. The molecule has 0 saturated heterocycles. The molecule has 1 saturated carbocycles. The summed E-state index contributed by atoms with van der Waals surface area (Å²) in [6, 6.07) is 0. The molecule has 0 bridgehead atoms. The third-order valence-electron chi connectivity index (χ3n) is 3.53. The molecule has 1 rings (SSSR count). The van der Waals surface area contributed by atoms with Gasteiger partial charge in [0, 0.05) is 5.92 Å². The van der Waals surface area contributed by atoms with E-state index in [4.69, 9.17) is 0 Å². The average molecular weight is 198 g/mol. The van der Waals surface area contributed by atoms with Crippen molar-refractivity contribution in [3.8, 4) is 0 Å². The number of carbonyl (C=O) groups excluding carboxylic acids is 1. The van der Waals surface area contributed by atoms with Crippen LogP contribution in [0.4, 0.5) is 0 Å². The molecule has 0 aromatic rings. The van der Waals surface area contributed by atoms with Crippen LogP contribution in [0.5, 0.6) is 0 Å². The average Bonchev–Trinajstić information content (AvgIpc) is 2.16. The lowest BCUT2D eigenvalue weighted by molar-refractivity contribution is -0.141. The van der Waals surface area contributed by atoms with Crippen LogP contribution in [-0.4, -0.2) is 16.5 Å². The molecular formula is C12H22O2. The molecule has 3 atom stereocenters. The lowest BCUT2D eigenvalue weighted by atomic mass is 9.76. The van der Waals surface area contributed by atoms with Gasteiger partial charge in [-0.3, -0.25) is 4.79 Å². The van der Waals surface area contributed by atoms with Crippen molar-refractivity contribution in [2.75, 3.05) is 0 Å². The number of hydrogen-bond acceptors (Lipinski definition) is 2. The van der Waals surface area contributed by atoms with Crippen LogP contribution < -0.4 is 0 Å². The number of Topliss-reactive ketones (excluding diaryl/α,β-unsaturated/α-hetero) is 1. The Morgan fingerprint density at radius 2 is 2.14 bits per heavy atom. The second kappa shape index (κ2) is 4.43. The maximum atomic E-state index is 11.9. The molecule has 1 aliphatic carbocycles. The van der Waals surface area contributed by atoms with Crippen LogP contribution in [0, 0.1) is 11.8 Å². The second-order valence-electron chi connectivity index (χ2n) is 4.96. The van der Waals surface area contributed by atoms with Gasteiger partial charge in [0.1, 0.15) is 5.60 Å². The van der Waals surface area contributed by atoms with E-state index in [2.05, 4.69) is 6.92 Å². The van der Waals surface area contributed by atoms with Crippen LogP contribution in [-0.2, 0) is 4.79 Å². The minimum Gasteiger partial charge on any atom is -0.382 e. The fourth-order valence-corrected chi connectivity index (χ4v) is 2.29. The zero-order chi connectivity index (χ0) is 10.8. The standard InChI is InChI=1S/C12H22O2/c1-4-12(3,14)11(13)10-7-5-6-9(2)8-10/h9-10,14H,4-8H2,1-3H3. The molecule has 2 heteroatoms. The maximum absolute atomic E-state index is 11.9. The summed E-state index contributed by atoms with van der Waals surface area (Å²) in [4.78, 5) is 11.9. The molecule has 82 valence electrons. The van der Waals surface area contributed by atoms with Crippen LogP contribution in [0.15, 0.2) is 0 Å². The van der Waals surface area contributed by atoms with Gasteiger partial charge in [-0.2, -0.15) is 0 Å². The zero-order valence-corrected chi connectivity index (χ0v) is 9.55. The molecule has 14 heavy (non-hydrogen) atoms. The van der Waals surface area contributed by atoms with Gasteiger partial charge in [-0.25, -0.2) is 0 Å². The summed E-state index contributed by atoms with van der Waals surface area (Å²) >= 11 is 0. The smallest absolute Gasteiger partial charge is 0.167 e. The highest BCUT2D eigenvalue weighted by atomic mass is 16.3. The Balaban J connectivity index is 2.60. The first-order chi connectivity index (χ1) is 6.47. The molecule has 3 unspecified atom stereocenters. The summed E-state index contributed by atoms with van der Waals surface area (Å²) in [5.74, 6) is 0.811. The highest BCUT2D eigenvalue weighted by Gasteiger charge is 2.35. The predicted octanol–water partition coefficient (Wildman–Crippen LogP) is 2.54. The Bertz CT molecular complexity index is 208. The molecule has 0 radical (unpaired) electrons. The van der Waals surface area contributed by atoms with E-state index in [1.165, 1.54) is 6.42 Å². The van der Waals surface area contributed by atoms with Crippen molar-refractivity contribution >= 4 is 5.78 Å². The summed E-state index contributed by atoms with van der Waals surface area (Å²) < 4.78 is 0. The Labute approximate surface area is 86.7 Å². The van der Waals surface area contributed by atoms with Gasteiger partial charge in [-0.15, -0.1) is 0 Å². The number of rotatable bonds is 3. The van der Waals surface area contributed by atoms with Crippen molar-refractivity contribution in [1.29, 1.82) is 0 Å². The number of carbonyl (C=O) groups is 1. The van der Waals surface area contributed by atoms with E-state index in [9.17, 15) is 9.90 Å². The lowest BCUT2D eigenvalue weighted by Gasteiger charge is -2.31. The highest BCUT2D eigenvalue weighted by molar-refractivity contribution is 5.88. The maximum Gasteiger partial charge on any atom is 0.167 e. The minimum atomic E-state index is -1.10. The van der Waals surface area contributed by atoms with E-state index in [0.29, 0.717) is 12.3 Å². The largest absolute Gasteiger partial charge is 0.382 e. The van der Waals surface area contributed by atoms with Crippen molar-refractivity contribution in [2.45, 2.75) is 58.5 Å². The summed E-state index contributed by atoms with van der Waals surface area (Å²) in [5, 5.41) is 9.88. The molecule has 0 aromatic heterocycles. The molecular weight excluding hydrogens is 176 g/mol. The Hall–Kier alpha value is -0.370. The molecule has 0 heterocycles. The van der Waals surface area contributed by atoms with Crippen molar-refractivity contribution in [2.24, 2.45) is 11.8 Å². The molecule has 1 fully saturated rings. The van der Waals surface area contributed by atoms with E-state index in [-0.39, 0.29) is 11.7 Å². The van der Waals surface area contributed by atoms with Gasteiger partial charge in [-0.1, -0.05) is 26.7 Å². The minimum absolute atomic E-state index is 0.0616. The Morgan fingerprint density at radius 1 is 1.50 bits per heavy atom. The first-order valence-electron chi connectivity index (χ1n) is 5.74. The van der Waals surface area contributed by atoms with Crippen LogP contribution >= 0.6 is 0 Å². The second-order valence-corrected chi connectivity index (χ2v) is 4.96. The molecule has 0 amide bonds. The zero-order valence-electron chi connectivity index (χ0n) is 9.55. The molecule has 0 spiro atoms. The summed E-state index contributed by atoms with van der Waals surface area (Å²) in [6.07, 6.45) is 4.83. The van der Waals surface area contributed by atoms with Gasteiger partial charge >= 0.3 is 0 Å².